The summed E-state index contributed by atoms with van der Waals surface area (Å²) in [5, 5.41) is 2.69. The monoisotopic (exact) mass is 471 g/mol. The molecule has 162 valence electrons. The zero-order chi connectivity index (χ0) is 21.9. The highest BCUT2D eigenvalue weighted by molar-refractivity contribution is 7.98. The number of anilines is 1. The van der Waals surface area contributed by atoms with E-state index in [1.165, 1.54) is 10.4 Å². The Morgan fingerprint density at radius 2 is 1.87 bits per heavy atom. The maximum atomic E-state index is 13.4. The summed E-state index contributed by atoms with van der Waals surface area (Å²) >= 11 is 7.33. The second kappa shape index (κ2) is 9.65. The molecule has 30 heavy (non-hydrogen) atoms. The van der Waals surface area contributed by atoms with Gasteiger partial charge in [-0.3, -0.25) is 9.69 Å². The molecule has 0 aliphatic carbocycles. The van der Waals surface area contributed by atoms with Crippen LogP contribution in [0.15, 0.2) is 52.3 Å². The fraction of sp³-hybridized carbons (Fsp3) is 0.350. The van der Waals surface area contributed by atoms with E-state index in [9.17, 15) is 17.6 Å². The molecule has 2 aromatic rings. The van der Waals surface area contributed by atoms with Crippen molar-refractivity contribution >= 4 is 45.0 Å². The second-order valence-corrected chi connectivity index (χ2v) is 10.1. The van der Waals surface area contributed by atoms with Gasteiger partial charge in [-0.1, -0.05) is 17.7 Å². The predicted molar refractivity (Wildman–Crippen MR) is 118 cm³/mol. The van der Waals surface area contributed by atoms with Gasteiger partial charge < -0.3 is 5.32 Å². The molecule has 1 fully saturated rings. The SMILES string of the molecule is CSc1cccc(NC(=O)C(C)N2CCN(S(=O)(=O)c3ccc(F)c(Cl)c3)CC2)c1. The number of sulfonamides is 1. The van der Waals surface area contributed by atoms with Crippen LogP contribution < -0.4 is 5.32 Å². The first-order valence-corrected chi connectivity index (χ1v) is 12.4. The van der Waals surface area contributed by atoms with Crippen LogP contribution >= 0.6 is 23.4 Å². The Kier molecular flexibility index (Phi) is 7.41. The van der Waals surface area contributed by atoms with Crippen LogP contribution in [0.1, 0.15) is 6.92 Å². The summed E-state index contributed by atoms with van der Waals surface area (Å²) in [5.41, 5.74) is 0.730. The molecule has 1 aliphatic rings. The van der Waals surface area contributed by atoms with E-state index < -0.39 is 21.9 Å². The molecule has 1 amide bonds. The molecular formula is C20H23ClFN3O3S2. The zero-order valence-electron chi connectivity index (χ0n) is 16.6. The molecule has 10 heteroatoms. The van der Waals surface area contributed by atoms with Crippen molar-refractivity contribution in [3.05, 3.63) is 53.3 Å². The number of hydrogen-bond donors (Lipinski definition) is 1. The molecule has 1 unspecified atom stereocenters. The first-order valence-electron chi connectivity index (χ1n) is 9.36. The third-order valence-electron chi connectivity index (χ3n) is 5.07. The molecule has 1 aliphatic heterocycles. The Balaban J connectivity index is 1.61. The Morgan fingerprint density at radius 1 is 1.17 bits per heavy atom. The minimum absolute atomic E-state index is 0.0400. The van der Waals surface area contributed by atoms with Crippen LogP contribution in [0.25, 0.3) is 0 Å². The number of amides is 1. The lowest BCUT2D eigenvalue weighted by Crippen LogP contribution is -2.53. The largest absolute Gasteiger partial charge is 0.325 e. The van der Waals surface area contributed by atoms with Gasteiger partial charge in [0.05, 0.1) is 16.0 Å². The molecule has 0 radical (unpaired) electrons. The van der Waals surface area contributed by atoms with Crippen LogP contribution in [0.2, 0.25) is 5.02 Å². The van der Waals surface area contributed by atoms with E-state index in [2.05, 4.69) is 5.32 Å². The van der Waals surface area contributed by atoms with Gasteiger partial charge in [-0.15, -0.1) is 11.8 Å². The number of benzene rings is 2. The molecule has 0 bridgehead atoms. The van der Waals surface area contributed by atoms with Crippen LogP contribution in [-0.2, 0) is 14.8 Å². The summed E-state index contributed by atoms with van der Waals surface area (Å²) in [7, 11) is -3.77. The number of thioether (sulfide) groups is 1. The molecular weight excluding hydrogens is 449 g/mol. The number of halogens is 2. The lowest BCUT2D eigenvalue weighted by atomic mass is 10.2. The zero-order valence-corrected chi connectivity index (χ0v) is 19.0. The van der Waals surface area contributed by atoms with Crippen LogP contribution in [0.4, 0.5) is 10.1 Å². The van der Waals surface area contributed by atoms with Crippen LogP contribution in [0.3, 0.4) is 0 Å². The normalized spacial score (nSPS) is 16.9. The van der Waals surface area contributed by atoms with Crippen molar-refractivity contribution in [1.29, 1.82) is 0 Å². The van der Waals surface area contributed by atoms with Crippen LogP contribution in [0, 0.1) is 5.82 Å². The first kappa shape index (κ1) is 23.0. The van der Waals surface area contributed by atoms with Gasteiger partial charge >= 0.3 is 0 Å². The molecule has 1 N–H and O–H groups in total. The molecule has 1 saturated heterocycles. The average Bonchev–Trinajstić information content (AvgIpc) is 2.75. The molecule has 2 aromatic carbocycles. The van der Waals surface area contributed by atoms with Crippen molar-refractivity contribution in [3.8, 4) is 0 Å². The Labute approximate surface area is 185 Å². The maximum Gasteiger partial charge on any atom is 0.243 e. The summed E-state index contributed by atoms with van der Waals surface area (Å²) in [4.78, 5) is 15.6. The van der Waals surface area contributed by atoms with Crippen molar-refractivity contribution < 1.29 is 17.6 Å². The Hall–Kier alpha value is -1.65. The van der Waals surface area contributed by atoms with E-state index in [1.807, 2.05) is 35.4 Å². The predicted octanol–water partition coefficient (Wildman–Crippen LogP) is 3.53. The van der Waals surface area contributed by atoms with Gasteiger partial charge in [0.25, 0.3) is 0 Å². The summed E-state index contributed by atoms with van der Waals surface area (Å²) in [5.74, 6) is -0.807. The summed E-state index contributed by atoms with van der Waals surface area (Å²) < 4.78 is 40.3. The number of nitrogens with one attached hydrogen (secondary N) is 1. The molecule has 0 spiro atoms. The molecule has 0 aromatic heterocycles. The van der Waals surface area contributed by atoms with Gasteiger partial charge in [-0.05, 0) is 49.6 Å². The highest BCUT2D eigenvalue weighted by Gasteiger charge is 2.32. The minimum Gasteiger partial charge on any atom is -0.325 e. The topological polar surface area (TPSA) is 69.7 Å². The van der Waals surface area contributed by atoms with E-state index in [0.29, 0.717) is 13.1 Å². The number of rotatable bonds is 6. The number of piperazine rings is 1. The Morgan fingerprint density at radius 3 is 2.50 bits per heavy atom. The summed E-state index contributed by atoms with van der Waals surface area (Å²) in [6, 6.07) is 10.6. The second-order valence-electron chi connectivity index (χ2n) is 6.91. The van der Waals surface area contributed by atoms with E-state index in [1.54, 1.807) is 18.7 Å². The highest BCUT2D eigenvalue weighted by Crippen LogP contribution is 2.24. The van der Waals surface area contributed by atoms with Crippen LogP contribution in [0.5, 0.6) is 0 Å². The fourth-order valence-corrected chi connectivity index (χ4v) is 5.38. The van der Waals surface area contributed by atoms with Crippen molar-refractivity contribution in [1.82, 2.24) is 9.21 Å². The standard InChI is InChI=1S/C20H23ClFN3O3S2/c1-14(20(26)23-15-4-3-5-16(12-15)29-2)24-8-10-25(11-9-24)30(27,28)17-6-7-19(22)18(21)13-17/h3-7,12-14H,8-11H2,1-2H3,(H,23,26). The molecule has 1 heterocycles. The number of nitrogens with zero attached hydrogens (tertiary/aromatic N) is 2. The molecule has 3 rings (SSSR count). The van der Waals surface area contributed by atoms with Gasteiger partial charge in [0, 0.05) is 36.8 Å². The van der Waals surface area contributed by atoms with Gasteiger partial charge in [-0.25, -0.2) is 12.8 Å². The summed E-state index contributed by atoms with van der Waals surface area (Å²) in [6.45, 7) is 3.09. The quantitative estimate of drug-likeness (QED) is 0.652. The average molecular weight is 472 g/mol. The lowest BCUT2D eigenvalue weighted by molar-refractivity contribution is -0.121. The summed E-state index contributed by atoms with van der Waals surface area (Å²) in [6.07, 6.45) is 1.97. The van der Waals surface area contributed by atoms with E-state index in [0.717, 1.165) is 22.7 Å². The molecule has 0 saturated carbocycles. The van der Waals surface area contributed by atoms with E-state index in [4.69, 9.17) is 11.6 Å². The highest BCUT2D eigenvalue weighted by atomic mass is 35.5. The number of hydrogen-bond acceptors (Lipinski definition) is 5. The maximum absolute atomic E-state index is 13.4. The fourth-order valence-electron chi connectivity index (χ4n) is 3.23. The van der Waals surface area contributed by atoms with Crippen molar-refractivity contribution in [2.75, 3.05) is 37.8 Å². The lowest BCUT2D eigenvalue weighted by Gasteiger charge is -2.36. The van der Waals surface area contributed by atoms with Gasteiger partial charge in [0.1, 0.15) is 5.82 Å². The van der Waals surface area contributed by atoms with Crippen molar-refractivity contribution in [2.24, 2.45) is 0 Å². The minimum atomic E-state index is -3.77. The van der Waals surface area contributed by atoms with E-state index >= 15 is 0 Å². The van der Waals surface area contributed by atoms with Crippen LogP contribution in [-0.4, -0.2) is 62.0 Å². The van der Waals surface area contributed by atoms with Gasteiger partial charge in [0.2, 0.25) is 15.9 Å². The number of carbonyl (C=O) groups excluding carboxylic acids is 1. The first-order chi connectivity index (χ1) is 14.2. The van der Waals surface area contributed by atoms with Crippen molar-refractivity contribution in [2.45, 2.75) is 22.8 Å². The third-order valence-corrected chi connectivity index (χ3v) is 7.98. The third kappa shape index (κ3) is 5.15. The number of carbonyl (C=O) groups is 1. The smallest absolute Gasteiger partial charge is 0.243 e. The molecule has 6 nitrogen and oxygen atoms in total. The molecule has 1 atom stereocenters. The van der Waals surface area contributed by atoms with E-state index in [-0.39, 0.29) is 28.9 Å². The van der Waals surface area contributed by atoms with Crippen molar-refractivity contribution in [3.63, 3.8) is 0 Å². The van der Waals surface area contributed by atoms with Gasteiger partial charge in [-0.2, -0.15) is 4.31 Å². The Bertz CT molecular complexity index is 1030. The van der Waals surface area contributed by atoms with Gasteiger partial charge in [0.15, 0.2) is 0 Å².